The highest BCUT2D eigenvalue weighted by molar-refractivity contribution is 7.52. The molecule has 1 fully saturated rings. The van der Waals surface area contributed by atoms with Crippen LogP contribution >= 0.6 is 7.75 Å². The summed E-state index contributed by atoms with van der Waals surface area (Å²) < 4.78 is 43.4. The molecule has 6 unspecified atom stereocenters. The molecule has 2 heterocycles. The summed E-state index contributed by atoms with van der Waals surface area (Å²) in [6, 6.07) is 10.5. The number of aromatic nitrogens is 2. The number of carbonyl (C=O) groups excluding carboxylic acids is 2. The van der Waals surface area contributed by atoms with Gasteiger partial charge in [0.2, 0.25) is 0 Å². The second kappa shape index (κ2) is 13.5. The minimum atomic E-state index is -4.34. The van der Waals surface area contributed by atoms with Gasteiger partial charge in [0.25, 0.3) is 0 Å². The number of ether oxygens (including phenoxy) is 3. The second-order valence-corrected chi connectivity index (χ2v) is 12.2. The number of nitrogens with two attached hydrogens (primary N) is 1. The van der Waals surface area contributed by atoms with Crippen molar-refractivity contribution in [2.24, 2.45) is 11.3 Å². The Morgan fingerprint density at radius 2 is 1.86 bits per heavy atom. The molecule has 1 aliphatic heterocycles. The molecule has 0 bridgehead atoms. The first-order chi connectivity index (χ1) is 19.7. The third kappa shape index (κ3) is 7.74. The zero-order valence-electron chi connectivity index (χ0n) is 24.3. The average molecular weight is 606 g/mol. The first-order valence-electron chi connectivity index (χ1n) is 13.3. The van der Waals surface area contributed by atoms with Crippen molar-refractivity contribution < 1.29 is 37.4 Å². The highest BCUT2D eigenvalue weighted by Gasteiger charge is 2.58. The van der Waals surface area contributed by atoms with E-state index in [0.717, 1.165) is 4.57 Å². The van der Waals surface area contributed by atoms with E-state index in [-0.39, 0.29) is 11.6 Å². The maximum absolute atomic E-state index is 14.0. The van der Waals surface area contributed by atoms with Crippen LogP contribution < -0.4 is 21.0 Å². The molecule has 0 saturated carbocycles. The SMILES string of the molecule is CC(C)OC(=O)C(C)NP(=O)(OCC1OC(n2ccc(N)nc2=O)C(C)(C#N)C1OC(=O)C(C)C)Oc1ccccc1. The van der Waals surface area contributed by atoms with Gasteiger partial charge in [-0.1, -0.05) is 32.0 Å². The Bertz CT molecular complexity index is 1410. The Morgan fingerprint density at radius 3 is 2.43 bits per heavy atom. The van der Waals surface area contributed by atoms with Crippen molar-refractivity contribution in [2.45, 2.75) is 72.1 Å². The van der Waals surface area contributed by atoms with Gasteiger partial charge in [0.15, 0.2) is 12.3 Å². The number of para-hydroxylation sites is 1. The topological polar surface area (TPSA) is 194 Å². The molecular formula is C27H36N5O9P. The first kappa shape index (κ1) is 32.8. The molecule has 1 aromatic carbocycles. The average Bonchev–Trinajstić information content (AvgIpc) is 3.19. The van der Waals surface area contributed by atoms with Gasteiger partial charge < -0.3 is 24.5 Å². The lowest BCUT2D eigenvalue weighted by molar-refractivity contribution is -0.159. The van der Waals surface area contributed by atoms with Crippen molar-refractivity contribution in [1.82, 2.24) is 14.6 Å². The van der Waals surface area contributed by atoms with Crippen LogP contribution in [0.2, 0.25) is 0 Å². The molecule has 1 aliphatic rings. The molecule has 15 heteroatoms. The maximum Gasteiger partial charge on any atom is 0.459 e. The van der Waals surface area contributed by atoms with Crippen LogP contribution in [0, 0.1) is 22.7 Å². The summed E-state index contributed by atoms with van der Waals surface area (Å²) in [5.41, 5.74) is 3.21. The summed E-state index contributed by atoms with van der Waals surface area (Å²) in [5, 5.41) is 12.8. The molecule has 14 nitrogen and oxygen atoms in total. The van der Waals surface area contributed by atoms with E-state index in [1.807, 2.05) is 0 Å². The molecule has 228 valence electrons. The largest absolute Gasteiger partial charge is 0.462 e. The van der Waals surface area contributed by atoms with E-state index in [4.69, 9.17) is 29.0 Å². The number of nitrogens with zero attached hydrogens (tertiary/aromatic N) is 3. The molecule has 2 aromatic rings. The van der Waals surface area contributed by atoms with Gasteiger partial charge in [0.05, 0.1) is 24.7 Å². The van der Waals surface area contributed by atoms with Crippen molar-refractivity contribution in [2.75, 3.05) is 12.3 Å². The van der Waals surface area contributed by atoms with Gasteiger partial charge in [-0.25, -0.2) is 9.36 Å². The summed E-state index contributed by atoms with van der Waals surface area (Å²) >= 11 is 0. The number of hydrogen-bond acceptors (Lipinski definition) is 12. The van der Waals surface area contributed by atoms with Gasteiger partial charge in [-0.2, -0.15) is 15.3 Å². The van der Waals surface area contributed by atoms with Crippen LogP contribution in [0.25, 0.3) is 0 Å². The van der Waals surface area contributed by atoms with Crippen LogP contribution in [0.3, 0.4) is 0 Å². The molecule has 1 aromatic heterocycles. The van der Waals surface area contributed by atoms with E-state index in [2.05, 4.69) is 16.1 Å². The fourth-order valence-electron chi connectivity index (χ4n) is 4.07. The van der Waals surface area contributed by atoms with E-state index < -0.39 is 73.9 Å². The summed E-state index contributed by atoms with van der Waals surface area (Å²) in [6.45, 7) is 8.91. The standard InChI is InChI=1S/C27H36N5O9P/c1-16(2)23(33)40-22-20(39-25(27(22,6)15-28)32-13-12-21(29)30-26(32)35)14-37-42(36,41-19-10-8-7-9-11-19)31-18(5)24(34)38-17(3)4/h7-13,16-18,20,22,25H,14H2,1-6H3,(H,31,36)(H2,29,30,35). The molecule has 0 spiro atoms. The first-order valence-corrected chi connectivity index (χ1v) is 14.8. The molecule has 3 rings (SSSR count). The fraction of sp³-hybridized carbons (Fsp3) is 0.519. The maximum atomic E-state index is 14.0. The van der Waals surface area contributed by atoms with Gasteiger partial charge in [0, 0.05) is 6.20 Å². The highest BCUT2D eigenvalue weighted by Crippen LogP contribution is 2.50. The number of benzene rings is 1. The third-order valence-corrected chi connectivity index (χ3v) is 7.88. The Labute approximate surface area is 243 Å². The lowest BCUT2D eigenvalue weighted by atomic mass is 9.83. The van der Waals surface area contributed by atoms with Crippen molar-refractivity contribution in [3.8, 4) is 11.8 Å². The van der Waals surface area contributed by atoms with Crippen LogP contribution in [-0.4, -0.2) is 52.5 Å². The highest BCUT2D eigenvalue weighted by atomic mass is 31.2. The summed E-state index contributed by atoms with van der Waals surface area (Å²) in [6.07, 6.45) is -2.89. The van der Waals surface area contributed by atoms with Crippen LogP contribution in [-0.2, 0) is 32.9 Å². The molecule has 1 saturated heterocycles. The van der Waals surface area contributed by atoms with E-state index in [1.165, 1.54) is 38.2 Å². The van der Waals surface area contributed by atoms with Crippen molar-refractivity contribution in [3.05, 3.63) is 53.1 Å². The molecule has 0 aliphatic carbocycles. The van der Waals surface area contributed by atoms with Gasteiger partial charge in [-0.3, -0.25) is 18.7 Å². The number of esters is 2. The van der Waals surface area contributed by atoms with Crippen LogP contribution in [0.15, 0.2) is 47.4 Å². The smallest absolute Gasteiger partial charge is 0.459 e. The number of anilines is 1. The van der Waals surface area contributed by atoms with E-state index in [1.54, 1.807) is 45.9 Å². The van der Waals surface area contributed by atoms with E-state index in [9.17, 15) is 24.2 Å². The third-order valence-electron chi connectivity index (χ3n) is 6.24. The Hall–Kier alpha value is -3.76. The van der Waals surface area contributed by atoms with Crippen molar-refractivity contribution in [1.29, 1.82) is 5.26 Å². The Kier molecular flexibility index (Phi) is 10.5. The predicted octanol–water partition coefficient (Wildman–Crippen LogP) is 2.95. The number of rotatable bonds is 12. The van der Waals surface area contributed by atoms with Crippen molar-refractivity contribution in [3.63, 3.8) is 0 Å². The quantitative estimate of drug-likeness (QED) is 0.265. The van der Waals surface area contributed by atoms with Gasteiger partial charge in [-0.15, -0.1) is 0 Å². The van der Waals surface area contributed by atoms with E-state index >= 15 is 0 Å². The summed E-state index contributed by atoms with van der Waals surface area (Å²) in [7, 11) is -4.34. The second-order valence-electron chi connectivity index (χ2n) is 10.5. The normalized spacial score (nSPS) is 24.0. The summed E-state index contributed by atoms with van der Waals surface area (Å²) in [5.74, 6) is -1.75. The minimum Gasteiger partial charge on any atom is -0.462 e. The lowest BCUT2D eigenvalue weighted by Crippen LogP contribution is -2.43. The molecule has 6 atom stereocenters. The molecule has 0 radical (unpaired) electrons. The monoisotopic (exact) mass is 605 g/mol. The van der Waals surface area contributed by atoms with Gasteiger partial charge in [0.1, 0.15) is 29.1 Å². The predicted molar refractivity (Wildman–Crippen MR) is 150 cm³/mol. The number of nitriles is 1. The number of hydrogen-bond donors (Lipinski definition) is 2. The van der Waals surface area contributed by atoms with Crippen LogP contribution in [0.5, 0.6) is 5.75 Å². The zero-order chi connectivity index (χ0) is 31.2. The number of nitrogen functional groups attached to an aromatic ring is 1. The number of carbonyl (C=O) groups is 2. The minimum absolute atomic E-state index is 0.0363. The summed E-state index contributed by atoms with van der Waals surface area (Å²) in [4.78, 5) is 41.5. The molecule has 42 heavy (non-hydrogen) atoms. The molecular weight excluding hydrogens is 569 g/mol. The van der Waals surface area contributed by atoms with Gasteiger partial charge in [-0.05, 0) is 45.9 Å². The lowest BCUT2D eigenvalue weighted by Gasteiger charge is -2.29. The van der Waals surface area contributed by atoms with Crippen LogP contribution in [0.1, 0.15) is 47.8 Å². The van der Waals surface area contributed by atoms with Crippen molar-refractivity contribution >= 4 is 25.5 Å². The molecule has 3 N–H and O–H groups in total. The van der Waals surface area contributed by atoms with E-state index in [0.29, 0.717) is 0 Å². The van der Waals surface area contributed by atoms with Gasteiger partial charge >= 0.3 is 25.4 Å². The zero-order valence-corrected chi connectivity index (χ0v) is 25.1. The fourth-order valence-corrected chi connectivity index (χ4v) is 5.58. The van der Waals surface area contributed by atoms with Crippen LogP contribution in [0.4, 0.5) is 5.82 Å². The Morgan fingerprint density at radius 1 is 1.19 bits per heavy atom. The Balaban J connectivity index is 1.96. The number of nitrogens with one attached hydrogen (secondary N) is 1. The molecule has 0 amide bonds.